The summed E-state index contributed by atoms with van der Waals surface area (Å²) in [5.41, 5.74) is 1.70. The second kappa shape index (κ2) is 6.69. The predicted octanol–water partition coefficient (Wildman–Crippen LogP) is 1.37. The van der Waals surface area contributed by atoms with Crippen LogP contribution in [0.1, 0.15) is 28.0 Å². The molecule has 0 aliphatic rings. The van der Waals surface area contributed by atoms with E-state index in [-0.39, 0.29) is 17.9 Å². The van der Waals surface area contributed by atoms with Gasteiger partial charge in [-0.2, -0.15) is 0 Å². The second-order valence-corrected chi connectivity index (χ2v) is 4.77. The first-order valence-corrected chi connectivity index (χ1v) is 6.61. The topological polar surface area (TPSA) is 84.2 Å². The van der Waals surface area contributed by atoms with Crippen LogP contribution in [0.3, 0.4) is 0 Å². The highest BCUT2D eigenvalue weighted by Gasteiger charge is 2.10. The molecule has 0 bridgehead atoms. The van der Waals surface area contributed by atoms with Gasteiger partial charge in [0.15, 0.2) is 0 Å². The molecule has 0 aliphatic heterocycles. The maximum atomic E-state index is 11.8. The summed E-state index contributed by atoms with van der Waals surface area (Å²) in [6, 6.07) is 6.72. The SMILES string of the molecule is Cn1cnc(CNC(=O)CCc2ccccc2C(=O)O)c1. The normalized spacial score (nSPS) is 10.3. The van der Waals surface area contributed by atoms with Crippen LogP contribution in [-0.2, 0) is 24.8 Å². The number of hydrogen-bond donors (Lipinski definition) is 2. The Balaban J connectivity index is 1.85. The van der Waals surface area contributed by atoms with E-state index in [1.165, 1.54) is 0 Å². The first kappa shape index (κ1) is 14.8. The van der Waals surface area contributed by atoms with Crippen molar-refractivity contribution in [2.45, 2.75) is 19.4 Å². The van der Waals surface area contributed by atoms with Gasteiger partial charge in [-0.25, -0.2) is 9.78 Å². The van der Waals surface area contributed by atoms with E-state index in [1.807, 2.05) is 17.8 Å². The Kier molecular flexibility index (Phi) is 4.71. The van der Waals surface area contributed by atoms with Crippen molar-refractivity contribution < 1.29 is 14.7 Å². The summed E-state index contributed by atoms with van der Waals surface area (Å²) in [6.45, 7) is 0.375. The molecular formula is C15H17N3O3. The number of hydrogen-bond acceptors (Lipinski definition) is 3. The first-order valence-electron chi connectivity index (χ1n) is 6.61. The summed E-state index contributed by atoms with van der Waals surface area (Å²) in [4.78, 5) is 27.0. The van der Waals surface area contributed by atoms with Crippen LogP contribution in [0.2, 0.25) is 0 Å². The third-order valence-electron chi connectivity index (χ3n) is 3.09. The number of carboxylic acid groups (broad SMARTS) is 1. The zero-order chi connectivity index (χ0) is 15.2. The lowest BCUT2D eigenvalue weighted by atomic mass is 10.0. The predicted molar refractivity (Wildman–Crippen MR) is 76.8 cm³/mol. The van der Waals surface area contributed by atoms with Crippen molar-refractivity contribution in [1.82, 2.24) is 14.9 Å². The van der Waals surface area contributed by atoms with Gasteiger partial charge >= 0.3 is 5.97 Å². The van der Waals surface area contributed by atoms with Gasteiger partial charge in [-0.05, 0) is 18.1 Å². The summed E-state index contributed by atoms with van der Waals surface area (Å²) in [7, 11) is 1.86. The van der Waals surface area contributed by atoms with Crippen LogP contribution in [0.4, 0.5) is 0 Å². The molecule has 6 heteroatoms. The average molecular weight is 287 g/mol. The van der Waals surface area contributed by atoms with Crippen LogP contribution >= 0.6 is 0 Å². The lowest BCUT2D eigenvalue weighted by Gasteiger charge is -2.06. The highest BCUT2D eigenvalue weighted by Crippen LogP contribution is 2.11. The molecule has 6 nitrogen and oxygen atoms in total. The first-order chi connectivity index (χ1) is 10.1. The average Bonchev–Trinajstić information content (AvgIpc) is 2.88. The minimum Gasteiger partial charge on any atom is -0.478 e. The number of aromatic carboxylic acids is 1. The third kappa shape index (κ3) is 4.17. The van der Waals surface area contributed by atoms with Gasteiger partial charge in [-0.3, -0.25) is 4.79 Å². The van der Waals surface area contributed by atoms with Crippen LogP contribution in [0.5, 0.6) is 0 Å². The Morgan fingerprint density at radius 2 is 2.10 bits per heavy atom. The monoisotopic (exact) mass is 287 g/mol. The van der Waals surface area contributed by atoms with Crippen molar-refractivity contribution >= 4 is 11.9 Å². The number of imidazole rings is 1. The Hall–Kier alpha value is -2.63. The summed E-state index contributed by atoms with van der Waals surface area (Å²) < 4.78 is 1.81. The molecule has 21 heavy (non-hydrogen) atoms. The molecule has 0 fully saturated rings. The number of carbonyl (C=O) groups excluding carboxylic acids is 1. The molecule has 0 saturated carbocycles. The smallest absolute Gasteiger partial charge is 0.335 e. The van der Waals surface area contributed by atoms with E-state index in [4.69, 9.17) is 5.11 Å². The van der Waals surface area contributed by atoms with Crippen LogP contribution in [0, 0.1) is 0 Å². The number of aryl methyl sites for hydroxylation is 2. The van der Waals surface area contributed by atoms with Gasteiger partial charge < -0.3 is 15.0 Å². The number of aromatic nitrogens is 2. The summed E-state index contributed by atoms with van der Waals surface area (Å²) >= 11 is 0. The van der Waals surface area contributed by atoms with E-state index in [1.54, 1.807) is 30.6 Å². The fourth-order valence-corrected chi connectivity index (χ4v) is 2.03. The molecule has 1 amide bonds. The standard InChI is InChI=1S/C15H17N3O3/c1-18-9-12(17-10-18)8-16-14(19)7-6-11-4-2-3-5-13(11)15(20)21/h2-5,9-10H,6-8H2,1H3,(H,16,19)(H,20,21). The van der Waals surface area contributed by atoms with Crippen molar-refractivity contribution in [3.05, 3.63) is 53.6 Å². The third-order valence-corrected chi connectivity index (χ3v) is 3.09. The van der Waals surface area contributed by atoms with E-state index < -0.39 is 5.97 Å². The Labute approximate surface area is 122 Å². The van der Waals surface area contributed by atoms with Gasteiger partial charge in [0.2, 0.25) is 5.91 Å². The van der Waals surface area contributed by atoms with Gasteiger partial charge in [-0.15, -0.1) is 0 Å². The molecule has 0 spiro atoms. The number of nitrogens with zero attached hydrogens (tertiary/aromatic N) is 2. The molecule has 2 aromatic rings. The number of benzene rings is 1. The van der Waals surface area contributed by atoms with Crippen molar-refractivity contribution in [3.63, 3.8) is 0 Å². The highest BCUT2D eigenvalue weighted by molar-refractivity contribution is 5.89. The van der Waals surface area contributed by atoms with Crippen molar-refractivity contribution in [2.24, 2.45) is 7.05 Å². The minimum absolute atomic E-state index is 0.124. The number of nitrogens with one attached hydrogen (secondary N) is 1. The van der Waals surface area contributed by atoms with Crippen molar-refractivity contribution in [3.8, 4) is 0 Å². The number of carboxylic acids is 1. The molecular weight excluding hydrogens is 270 g/mol. The Morgan fingerprint density at radius 3 is 2.76 bits per heavy atom. The Bertz CT molecular complexity index is 649. The summed E-state index contributed by atoms with van der Waals surface area (Å²) in [5.74, 6) is -1.10. The fourth-order valence-electron chi connectivity index (χ4n) is 2.03. The molecule has 0 saturated heterocycles. The molecule has 2 rings (SSSR count). The van der Waals surface area contributed by atoms with E-state index in [0.717, 1.165) is 5.69 Å². The zero-order valence-corrected chi connectivity index (χ0v) is 11.7. The second-order valence-electron chi connectivity index (χ2n) is 4.77. The lowest BCUT2D eigenvalue weighted by Crippen LogP contribution is -2.23. The van der Waals surface area contributed by atoms with Crippen LogP contribution < -0.4 is 5.32 Å². The number of amides is 1. The van der Waals surface area contributed by atoms with Crippen molar-refractivity contribution in [2.75, 3.05) is 0 Å². The van der Waals surface area contributed by atoms with Crippen LogP contribution in [-0.4, -0.2) is 26.5 Å². The lowest BCUT2D eigenvalue weighted by molar-refractivity contribution is -0.121. The molecule has 1 aromatic heterocycles. The quantitative estimate of drug-likeness (QED) is 0.840. The number of rotatable bonds is 6. The number of carbonyl (C=O) groups is 2. The van der Waals surface area contributed by atoms with Gasteiger partial charge in [0.25, 0.3) is 0 Å². The van der Waals surface area contributed by atoms with E-state index in [9.17, 15) is 9.59 Å². The van der Waals surface area contributed by atoms with E-state index in [2.05, 4.69) is 10.3 Å². The van der Waals surface area contributed by atoms with Gasteiger partial charge in [-0.1, -0.05) is 18.2 Å². The molecule has 110 valence electrons. The largest absolute Gasteiger partial charge is 0.478 e. The van der Waals surface area contributed by atoms with Gasteiger partial charge in [0, 0.05) is 19.7 Å². The molecule has 0 atom stereocenters. The highest BCUT2D eigenvalue weighted by atomic mass is 16.4. The molecule has 1 heterocycles. The van der Waals surface area contributed by atoms with E-state index in [0.29, 0.717) is 18.5 Å². The molecule has 0 aliphatic carbocycles. The summed E-state index contributed by atoms with van der Waals surface area (Å²) in [6.07, 6.45) is 4.15. The molecule has 2 N–H and O–H groups in total. The van der Waals surface area contributed by atoms with E-state index >= 15 is 0 Å². The maximum absolute atomic E-state index is 11.8. The minimum atomic E-state index is -0.973. The maximum Gasteiger partial charge on any atom is 0.335 e. The van der Waals surface area contributed by atoms with Crippen LogP contribution in [0.25, 0.3) is 0 Å². The fraction of sp³-hybridized carbons (Fsp3) is 0.267. The zero-order valence-electron chi connectivity index (χ0n) is 11.7. The summed E-state index contributed by atoms with van der Waals surface area (Å²) in [5, 5.41) is 11.8. The van der Waals surface area contributed by atoms with Crippen molar-refractivity contribution in [1.29, 1.82) is 0 Å². The Morgan fingerprint density at radius 1 is 1.33 bits per heavy atom. The molecule has 0 radical (unpaired) electrons. The molecule has 1 aromatic carbocycles. The van der Waals surface area contributed by atoms with Gasteiger partial charge in [0.05, 0.1) is 24.1 Å². The molecule has 0 unspecified atom stereocenters. The van der Waals surface area contributed by atoms with Crippen LogP contribution in [0.15, 0.2) is 36.8 Å². The van der Waals surface area contributed by atoms with Gasteiger partial charge in [0.1, 0.15) is 0 Å².